The van der Waals surface area contributed by atoms with Gasteiger partial charge in [0.2, 0.25) is 0 Å². The van der Waals surface area contributed by atoms with Crippen LogP contribution >= 0.6 is 24.0 Å². The van der Waals surface area contributed by atoms with E-state index in [9.17, 15) is 0 Å². The molecule has 1 fully saturated rings. The van der Waals surface area contributed by atoms with Crippen LogP contribution in [0.25, 0.3) is 0 Å². The molecule has 2 rings (SSSR count). The minimum atomic E-state index is 0. The highest BCUT2D eigenvalue weighted by Gasteiger charge is 2.33. The largest absolute Gasteiger partial charge is 0.493 e. The number of hydrogen-bond donors (Lipinski definition) is 2. The van der Waals surface area contributed by atoms with Crippen molar-refractivity contribution in [3.8, 4) is 5.75 Å². The summed E-state index contributed by atoms with van der Waals surface area (Å²) in [5, 5.41) is 6.73. The third kappa shape index (κ3) is 7.01. The molecule has 1 aliphatic rings. The van der Waals surface area contributed by atoms with E-state index in [1.807, 2.05) is 0 Å². The number of nitrogens with zero attached hydrogens (tertiary/aromatic N) is 1. The van der Waals surface area contributed by atoms with Gasteiger partial charge in [0, 0.05) is 24.1 Å². The van der Waals surface area contributed by atoms with Gasteiger partial charge >= 0.3 is 0 Å². The molecule has 1 aromatic rings. The molecule has 0 saturated carbocycles. The highest BCUT2D eigenvalue weighted by Crippen LogP contribution is 2.25. The van der Waals surface area contributed by atoms with Gasteiger partial charge < -0.3 is 20.1 Å². The number of nitrogens with one attached hydrogen (secondary N) is 2. The van der Waals surface area contributed by atoms with Gasteiger partial charge in [0.15, 0.2) is 5.96 Å². The molecule has 0 unspecified atom stereocenters. The van der Waals surface area contributed by atoms with E-state index in [0.29, 0.717) is 6.54 Å². The topological polar surface area (TPSA) is 54.9 Å². The van der Waals surface area contributed by atoms with E-state index in [2.05, 4.69) is 56.5 Å². The van der Waals surface area contributed by atoms with E-state index in [1.165, 1.54) is 5.56 Å². The van der Waals surface area contributed by atoms with Crippen molar-refractivity contribution in [1.82, 2.24) is 10.6 Å². The molecule has 1 heterocycles. The van der Waals surface area contributed by atoms with Crippen LogP contribution in [0.15, 0.2) is 23.2 Å². The standard InChI is InChI=1S/C19H31N3O2.HI/c1-5-9-24-17-10-15(3)7-8-16(17)11-21-18(20-6-2)22-12-19(4)13-23-14-19;/h7-8,10H,5-6,9,11-14H2,1-4H3,(H2,20,21,22);1H. The summed E-state index contributed by atoms with van der Waals surface area (Å²) in [5.74, 6) is 1.78. The van der Waals surface area contributed by atoms with E-state index in [0.717, 1.165) is 56.6 Å². The fourth-order valence-electron chi connectivity index (χ4n) is 2.49. The zero-order valence-corrected chi connectivity index (χ0v) is 18.2. The Morgan fingerprint density at radius 1 is 1.28 bits per heavy atom. The van der Waals surface area contributed by atoms with Crippen LogP contribution in [0, 0.1) is 12.3 Å². The second kappa shape index (κ2) is 10.9. The number of hydrogen-bond acceptors (Lipinski definition) is 3. The van der Waals surface area contributed by atoms with Crippen LogP contribution in [0.5, 0.6) is 5.75 Å². The molecule has 0 amide bonds. The Morgan fingerprint density at radius 2 is 2.04 bits per heavy atom. The summed E-state index contributed by atoms with van der Waals surface area (Å²) >= 11 is 0. The Hall–Kier alpha value is -1.02. The van der Waals surface area contributed by atoms with Crippen molar-refractivity contribution in [2.75, 3.05) is 32.9 Å². The third-order valence-corrected chi connectivity index (χ3v) is 4.02. The normalized spacial score (nSPS) is 15.8. The molecule has 0 atom stereocenters. The van der Waals surface area contributed by atoms with Crippen LogP contribution in [0.1, 0.15) is 38.3 Å². The summed E-state index contributed by atoms with van der Waals surface area (Å²) in [6.07, 6.45) is 1.00. The molecule has 1 saturated heterocycles. The Morgan fingerprint density at radius 3 is 2.64 bits per heavy atom. The van der Waals surface area contributed by atoms with E-state index in [4.69, 9.17) is 14.5 Å². The van der Waals surface area contributed by atoms with Gasteiger partial charge in [0.25, 0.3) is 0 Å². The number of guanidine groups is 1. The van der Waals surface area contributed by atoms with Crippen LogP contribution in [0.4, 0.5) is 0 Å². The number of rotatable bonds is 8. The summed E-state index contributed by atoms with van der Waals surface area (Å²) in [6.45, 7) is 13.2. The third-order valence-electron chi connectivity index (χ3n) is 4.02. The van der Waals surface area contributed by atoms with Crippen LogP contribution in [-0.2, 0) is 11.3 Å². The number of aliphatic imine (C=N–C) groups is 1. The van der Waals surface area contributed by atoms with Crippen molar-refractivity contribution >= 4 is 29.9 Å². The Bertz CT molecular complexity index is 560. The van der Waals surface area contributed by atoms with Crippen molar-refractivity contribution < 1.29 is 9.47 Å². The van der Waals surface area contributed by atoms with Crippen LogP contribution in [0.2, 0.25) is 0 Å². The monoisotopic (exact) mass is 461 g/mol. The first-order valence-electron chi connectivity index (χ1n) is 8.88. The molecule has 0 bridgehead atoms. The lowest BCUT2D eigenvalue weighted by molar-refractivity contribution is -0.0971. The Balaban J connectivity index is 0.00000312. The quantitative estimate of drug-likeness (QED) is 0.354. The van der Waals surface area contributed by atoms with E-state index >= 15 is 0 Å². The minimum Gasteiger partial charge on any atom is -0.493 e. The first-order valence-corrected chi connectivity index (χ1v) is 8.88. The first kappa shape index (κ1) is 22.0. The summed E-state index contributed by atoms with van der Waals surface area (Å²) in [5.41, 5.74) is 2.54. The van der Waals surface area contributed by atoms with Crippen molar-refractivity contribution in [2.45, 2.75) is 40.7 Å². The molecular weight excluding hydrogens is 429 g/mol. The molecule has 2 N–H and O–H groups in total. The molecule has 1 aliphatic heterocycles. The molecule has 0 radical (unpaired) electrons. The van der Waals surface area contributed by atoms with Gasteiger partial charge in [-0.2, -0.15) is 0 Å². The van der Waals surface area contributed by atoms with Gasteiger partial charge in [0.05, 0.1) is 26.4 Å². The predicted molar refractivity (Wildman–Crippen MR) is 114 cm³/mol. The second-order valence-electron chi connectivity index (χ2n) is 6.81. The second-order valence-corrected chi connectivity index (χ2v) is 6.81. The summed E-state index contributed by atoms with van der Waals surface area (Å²) in [6, 6.07) is 6.30. The maximum atomic E-state index is 5.87. The fraction of sp³-hybridized carbons (Fsp3) is 0.632. The number of halogens is 1. The SMILES string of the molecule is CCCOc1cc(C)ccc1CN=C(NCC)NCC1(C)COC1.I. The fourth-order valence-corrected chi connectivity index (χ4v) is 2.49. The number of benzene rings is 1. The van der Waals surface area contributed by atoms with Crippen molar-refractivity contribution in [1.29, 1.82) is 0 Å². The average Bonchev–Trinajstić information content (AvgIpc) is 2.54. The zero-order chi connectivity index (χ0) is 17.4. The van der Waals surface area contributed by atoms with Gasteiger partial charge in [-0.1, -0.05) is 26.0 Å². The lowest BCUT2D eigenvalue weighted by Crippen LogP contribution is -2.51. The average molecular weight is 461 g/mol. The summed E-state index contributed by atoms with van der Waals surface area (Å²) < 4.78 is 11.2. The lowest BCUT2D eigenvalue weighted by Gasteiger charge is -2.38. The molecule has 1 aromatic carbocycles. The molecule has 0 aromatic heterocycles. The Kier molecular flexibility index (Phi) is 9.56. The number of aryl methyl sites for hydroxylation is 1. The maximum Gasteiger partial charge on any atom is 0.191 e. The van der Waals surface area contributed by atoms with E-state index < -0.39 is 0 Å². The van der Waals surface area contributed by atoms with Gasteiger partial charge in [0.1, 0.15) is 5.75 Å². The van der Waals surface area contributed by atoms with Crippen molar-refractivity contribution in [2.24, 2.45) is 10.4 Å². The first-order chi connectivity index (χ1) is 11.6. The summed E-state index contributed by atoms with van der Waals surface area (Å²) in [4.78, 5) is 4.72. The van der Waals surface area contributed by atoms with E-state index in [1.54, 1.807) is 0 Å². The predicted octanol–water partition coefficient (Wildman–Crippen LogP) is 3.49. The molecule has 5 nitrogen and oxygen atoms in total. The smallest absolute Gasteiger partial charge is 0.191 e. The molecule has 0 aliphatic carbocycles. The lowest BCUT2D eigenvalue weighted by atomic mass is 9.89. The maximum absolute atomic E-state index is 5.87. The van der Waals surface area contributed by atoms with E-state index in [-0.39, 0.29) is 29.4 Å². The van der Waals surface area contributed by atoms with Crippen molar-refractivity contribution in [3.05, 3.63) is 29.3 Å². The minimum absolute atomic E-state index is 0. The summed E-state index contributed by atoms with van der Waals surface area (Å²) in [7, 11) is 0. The Labute approximate surface area is 169 Å². The van der Waals surface area contributed by atoms with Crippen LogP contribution in [0.3, 0.4) is 0 Å². The van der Waals surface area contributed by atoms with Gasteiger partial charge in [-0.05, 0) is 31.9 Å². The van der Waals surface area contributed by atoms with Gasteiger partial charge in [-0.15, -0.1) is 24.0 Å². The zero-order valence-electron chi connectivity index (χ0n) is 15.9. The molecule has 0 spiro atoms. The van der Waals surface area contributed by atoms with Crippen LogP contribution in [-0.4, -0.2) is 38.9 Å². The highest BCUT2D eigenvalue weighted by molar-refractivity contribution is 14.0. The molecule has 142 valence electrons. The number of ether oxygens (including phenoxy) is 2. The molecular formula is C19H32IN3O2. The molecule has 25 heavy (non-hydrogen) atoms. The van der Waals surface area contributed by atoms with Gasteiger partial charge in [-0.25, -0.2) is 4.99 Å². The highest BCUT2D eigenvalue weighted by atomic mass is 127. The van der Waals surface area contributed by atoms with Crippen LogP contribution < -0.4 is 15.4 Å². The van der Waals surface area contributed by atoms with Gasteiger partial charge in [-0.3, -0.25) is 0 Å². The molecule has 6 heteroatoms. The van der Waals surface area contributed by atoms with Crippen molar-refractivity contribution in [3.63, 3.8) is 0 Å².